The molecule has 0 N–H and O–H groups in total. The molecule has 5 aromatic carbocycles. The summed E-state index contributed by atoms with van der Waals surface area (Å²) >= 11 is 0. The van der Waals surface area contributed by atoms with Crippen LogP contribution in [-0.2, 0) is 11.0 Å². The molecule has 0 amide bonds. The van der Waals surface area contributed by atoms with Gasteiger partial charge in [-0.3, -0.25) is 23.7 Å². The van der Waals surface area contributed by atoms with Crippen LogP contribution in [0.4, 0.5) is 0 Å². The van der Waals surface area contributed by atoms with Crippen LogP contribution < -0.4 is 31.7 Å². The first-order chi connectivity index (χ1) is 25.9. The summed E-state index contributed by atoms with van der Waals surface area (Å²) in [5.74, 6) is 2.58. The van der Waals surface area contributed by atoms with Crippen LogP contribution in [0, 0.1) is 0 Å². The first-order valence-electron chi connectivity index (χ1n) is 18.7. The summed E-state index contributed by atoms with van der Waals surface area (Å²) < 4.78 is 14.7. The van der Waals surface area contributed by atoms with E-state index in [4.69, 9.17) is 9.47 Å². The lowest BCUT2D eigenvalue weighted by Crippen LogP contribution is -2.42. The fourth-order valence-electron chi connectivity index (χ4n) is 7.25. The first kappa shape index (κ1) is 36.3. The minimum absolute atomic E-state index is 0.0960. The minimum Gasteiger partial charge on any atom is -0.457 e. The zero-order valence-electron chi connectivity index (χ0n) is 31.6. The molecule has 0 aliphatic heterocycles. The van der Waals surface area contributed by atoms with E-state index in [1.165, 1.54) is 22.3 Å². The fourth-order valence-corrected chi connectivity index (χ4v) is 7.25. The van der Waals surface area contributed by atoms with Gasteiger partial charge in [-0.2, -0.15) is 0 Å². The van der Waals surface area contributed by atoms with Crippen molar-refractivity contribution in [2.24, 2.45) is 0 Å². The maximum Gasteiger partial charge on any atom is 0.266 e. The molecule has 0 fully saturated rings. The van der Waals surface area contributed by atoms with Crippen molar-refractivity contribution in [1.29, 1.82) is 0 Å². The second-order valence-electron chi connectivity index (χ2n) is 14.6. The highest BCUT2D eigenvalue weighted by Gasteiger charge is 2.30. The molecule has 0 saturated heterocycles. The van der Waals surface area contributed by atoms with Gasteiger partial charge in [-0.25, -0.2) is 4.57 Å². The van der Waals surface area contributed by atoms with Gasteiger partial charge in [-0.1, -0.05) is 77.1 Å². The number of nitrogens with zero attached hydrogens (tertiary/aromatic N) is 2. The number of aromatic nitrogens is 2. The molecule has 0 bridgehead atoms. The maximum absolute atomic E-state index is 13.7. The van der Waals surface area contributed by atoms with Crippen molar-refractivity contribution in [3.63, 3.8) is 0 Å². The van der Waals surface area contributed by atoms with Gasteiger partial charge in [0.2, 0.25) is 0 Å². The summed E-state index contributed by atoms with van der Waals surface area (Å²) in [4.78, 5) is 54.2. The lowest BCUT2D eigenvalue weighted by atomic mass is 9.78. The van der Waals surface area contributed by atoms with Crippen molar-refractivity contribution in [2.75, 3.05) is 0 Å². The molecule has 7 aromatic rings. The summed E-state index contributed by atoms with van der Waals surface area (Å²) in [5.41, 5.74) is 1.04. The number of hydrogen-bond donors (Lipinski definition) is 0. The number of benzene rings is 5. The number of hydrogen-bond acceptors (Lipinski definition) is 6. The topological polar surface area (TPSA) is 96.6 Å². The third kappa shape index (κ3) is 6.25. The predicted octanol–water partition coefficient (Wildman–Crippen LogP) is 9.77. The third-order valence-electron chi connectivity index (χ3n) is 11.6. The summed E-state index contributed by atoms with van der Waals surface area (Å²) in [7, 11) is 0. The van der Waals surface area contributed by atoms with E-state index in [0.717, 1.165) is 40.0 Å². The van der Waals surface area contributed by atoms with Crippen molar-refractivity contribution in [3.8, 4) is 39.8 Å². The largest absolute Gasteiger partial charge is 0.457 e. The molecule has 7 rings (SSSR count). The molecule has 274 valence electrons. The molecule has 0 unspecified atom stereocenters. The van der Waals surface area contributed by atoms with Gasteiger partial charge >= 0.3 is 0 Å². The molecule has 0 spiro atoms. The Morgan fingerprint density at radius 2 is 0.926 bits per heavy atom. The zero-order valence-corrected chi connectivity index (χ0v) is 31.6. The van der Waals surface area contributed by atoms with E-state index < -0.39 is 27.8 Å². The van der Waals surface area contributed by atoms with Crippen LogP contribution in [0.2, 0.25) is 0 Å². The standard InChI is InChI=1S/C46H44N2O6/c1-7-45(5,8-2)31-13-11-15-35(25-31)53-33-21-17-29(18-22-33)30-19-23-34(24-20-30)54-36-16-12-14-32(26-36)47-41(49)37-27-39-40(28-38(37)42(47)50)44(52)48(43(39)51)46(6,9-3)10-4/h11-28H,7-10H2,1-6H3. The molecule has 2 heterocycles. The molecule has 2 aromatic heterocycles. The summed E-state index contributed by atoms with van der Waals surface area (Å²) in [6.45, 7) is 12.4. The van der Waals surface area contributed by atoms with Crippen LogP contribution in [0.5, 0.6) is 23.0 Å². The maximum atomic E-state index is 13.7. The molecule has 8 nitrogen and oxygen atoms in total. The van der Waals surface area contributed by atoms with Gasteiger partial charge in [0.25, 0.3) is 22.2 Å². The second-order valence-corrected chi connectivity index (χ2v) is 14.6. The van der Waals surface area contributed by atoms with Crippen molar-refractivity contribution in [2.45, 2.75) is 78.2 Å². The van der Waals surface area contributed by atoms with Crippen molar-refractivity contribution >= 4 is 21.5 Å². The minimum atomic E-state index is -0.668. The summed E-state index contributed by atoms with van der Waals surface area (Å²) in [6, 6.07) is 33.5. The Morgan fingerprint density at radius 3 is 1.39 bits per heavy atom. The van der Waals surface area contributed by atoms with Crippen LogP contribution in [0.25, 0.3) is 38.4 Å². The lowest BCUT2D eigenvalue weighted by Gasteiger charge is -2.27. The Labute approximate surface area is 313 Å². The molecule has 0 aliphatic rings. The number of rotatable bonds is 12. The Balaban J connectivity index is 1.10. The highest BCUT2D eigenvalue weighted by atomic mass is 16.5. The molecular weight excluding hydrogens is 677 g/mol. The van der Waals surface area contributed by atoms with E-state index >= 15 is 0 Å². The van der Waals surface area contributed by atoms with Crippen LogP contribution >= 0.6 is 0 Å². The monoisotopic (exact) mass is 720 g/mol. The van der Waals surface area contributed by atoms with Crippen LogP contribution in [0.15, 0.2) is 128 Å². The molecule has 8 heteroatoms. The SMILES string of the molecule is CCC(C)(CC)c1cccc(Oc2ccc(-c3ccc(Oc4cccc(-n5c(=O)c6cc7c(=O)n(C(C)(CC)CC)c(=O)c7cc6c5=O)c4)cc3)cc2)c1. The Morgan fingerprint density at radius 1 is 0.481 bits per heavy atom. The van der Waals surface area contributed by atoms with E-state index in [1.807, 2.05) is 81.4 Å². The van der Waals surface area contributed by atoms with Gasteiger partial charge in [-0.15, -0.1) is 0 Å². The zero-order chi connectivity index (χ0) is 38.4. The van der Waals surface area contributed by atoms with E-state index in [-0.39, 0.29) is 27.0 Å². The molecular formula is C46H44N2O6. The quantitative estimate of drug-likeness (QED) is 0.125. The van der Waals surface area contributed by atoms with Crippen LogP contribution in [0.1, 0.15) is 72.8 Å². The Hall–Kier alpha value is -6.02. The molecule has 0 aliphatic carbocycles. The number of fused-ring (bicyclic) bond motifs is 2. The van der Waals surface area contributed by atoms with Gasteiger partial charge in [0.05, 0.1) is 27.2 Å². The van der Waals surface area contributed by atoms with E-state index in [0.29, 0.717) is 30.0 Å². The van der Waals surface area contributed by atoms with Gasteiger partial charge in [0.15, 0.2) is 0 Å². The normalized spacial score (nSPS) is 12.1. The van der Waals surface area contributed by atoms with Crippen molar-refractivity contribution in [3.05, 3.63) is 156 Å². The van der Waals surface area contributed by atoms with E-state index in [2.05, 4.69) is 32.9 Å². The third-order valence-corrected chi connectivity index (χ3v) is 11.6. The van der Waals surface area contributed by atoms with Gasteiger partial charge in [-0.05, 0) is 115 Å². The highest BCUT2D eigenvalue weighted by Crippen LogP contribution is 2.35. The Bertz CT molecular complexity index is 2630. The van der Waals surface area contributed by atoms with Crippen molar-refractivity contribution in [1.82, 2.24) is 9.13 Å². The smallest absolute Gasteiger partial charge is 0.266 e. The Kier molecular flexibility index (Phi) is 9.48. The average molecular weight is 721 g/mol. The molecule has 0 radical (unpaired) electrons. The molecule has 0 atom stereocenters. The van der Waals surface area contributed by atoms with E-state index in [1.54, 1.807) is 24.3 Å². The first-order valence-corrected chi connectivity index (χ1v) is 18.7. The van der Waals surface area contributed by atoms with Crippen LogP contribution in [-0.4, -0.2) is 9.13 Å². The molecule has 54 heavy (non-hydrogen) atoms. The van der Waals surface area contributed by atoms with Crippen LogP contribution in [0.3, 0.4) is 0 Å². The van der Waals surface area contributed by atoms with Crippen molar-refractivity contribution < 1.29 is 9.47 Å². The second kappa shape index (κ2) is 14.1. The highest BCUT2D eigenvalue weighted by molar-refractivity contribution is 5.98. The van der Waals surface area contributed by atoms with E-state index in [9.17, 15) is 19.2 Å². The average Bonchev–Trinajstić information content (AvgIpc) is 3.60. The van der Waals surface area contributed by atoms with Gasteiger partial charge in [0.1, 0.15) is 23.0 Å². The lowest BCUT2D eigenvalue weighted by molar-refractivity contribution is 0.282. The summed E-state index contributed by atoms with van der Waals surface area (Å²) in [6.07, 6.45) is 3.28. The van der Waals surface area contributed by atoms with Gasteiger partial charge in [0, 0.05) is 11.6 Å². The number of ether oxygens (including phenoxy) is 2. The molecule has 0 saturated carbocycles. The summed E-state index contributed by atoms with van der Waals surface area (Å²) in [5, 5.41) is 0.483. The fraction of sp³-hybridized carbons (Fsp3) is 0.261. The van der Waals surface area contributed by atoms with Gasteiger partial charge < -0.3 is 9.47 Å². The predicted molar refractivity (Wildman–Crippen MR) is 217 cm³/mol.